The molecule has 16 heavy (non-hydrogen) atoms. The van der Waals surface area contributed by atoms with Crippen molar-refractivity contribution in [3.63, 3.8) is 0 Å². The molecule has 0 aliphatic rings. The maximum absolute atomic E-state index is 11.7. The largest absolute Gasteiger partial charge is 0.508 e. The summed E-state index contributed by atoms with van der Waals surface area (Å²) in [5.74, 6) is -1.77. The lowest BCUT2D eigenvalue weighted by atomic mass is 10.2. The van der Waals surface area contributed by atoms with Crippen molar-refractivity contribution >= 4 is 23.5 Å². The first-order valence-corrected chi connectivity index (χ1v) is 4.75. The fourth-order valence-electron chi connectivity index (χ4n) is 1.16. The van der Waals surface area contributed by atoms with Crippen LogP contribution in [0.25, 0.3) is 0 Å². The van der Waals surface area contributed by atoms with E-state index in [4.69, 9.17) is 16.7 Å². The summed E-state index contributed by atoms with van der Waals surface area (Å²) >= 11 is 5.77. The van der Waals surface area contributed by atoms with Gasteiger partial charge in [-0.2, -0.15) is 0 Å². The minimum Gasteiger partial charge on any atom is -0.508 e. The molecule has 6 heteroatoms. The Labute approximate surface area is 96.9 Å². The van der Waals surface area contributed by atoms with E-state index in [1.54, 1.807) is 0 Å². The maximum Gasteiger partial charge on any atom is 0.323 e. The first-order valence-electron chi connectivity index (χ1n) is 4.37. The van der Waals surface area contributed by atoms with Crippen LogP contribution in [0.2, 0.25) is 5.02 Å². The molecule has 1 rings (SSSR count). The Morgan fingerprint density at radius 1 is 1.44 bits per heavy atom. The Hall–Kier alpha value is -1.75. The Bertz CT molecular complexity index is 433. The minimum absolute atomic E-state index is 0.0745. The lowest BCUT2D eigenvalue weighted by Gasteiger charge is -2.15. The van der Waals surface area contributed by atoms with Gasteiger partial charge in [0.1, 0.15) is 12.3 Å². The van der Waals surface area contributed by atoms with E-state index in [0.717, 1.165) is 4.90 Å². The average molecular weight is 244 g/mol. The summed E-state index contributed by atoms with van der Waals surface area (Å²) in [7, 11) is 1.34. The molecule has 0 bridgehead atoms. The van der Waals surface area contributed by atoms with E-state index < -0.39 is 18.4 Å². The summed E-state index contributed by atoms with van der Waals surface area (Å²) in [5.41, 5.74) is 0.0745. The zero-order chi connectivity index (χ0) is 12.3. The molecule has 0 aliphatic heterocycles. The van der Waals surface area contributed by atoms with E-state index in [1.165, 1.54) is 25.2 Å². The molecule has 0 unspecified atom stereocenters. The summed E-state index contributed by atoms with van der Waals surface area (Å²) in [4.78, 5) is 23.1. The number of phenolic OH excluding ortho intramolecular Hbond substituents is 1. The number of aromatic hydroxyl groups is 1. The second-order valence-corrected chi connectivity index (χ2v) is 3.63. The number of hydrogen-bond donors (Lipinski definition) is 2. The van der Waals surface area contributed by atoms with Gasteiger partial charge < -0.3 is 15.1 Å². The van der Waals surface area contributed by atoms with Crippen molar-refractivity contribution in [2.75, 3.05) is 13.6 Å². The van der Waals surface area contributed by atoms with Gasteiger partial charge in [0.25, 0.3) is 5.91 Å². The highest BCUT2D eigenvalue weighted by molar-refractivity contribution is 6.33. The van der Waals surface area contributed by atoms with E-state index in [2.05, 4.69) is 0 Å². The number of amides is 1. The zero-order valence-electron chi connectivity index (χ0n) is 8.48. The molecule has 0 heterocycles. The van der Waals surface area contributed by atoms with E-state index >= 15 is 0 Å². The van der Waals surface area contributed by atoms with Crippen LogP contribution >= 0.6 is 11.6 Å². The van der Waals surface area contributed by atoms with Crippen molar-refractivity contribution in [3.05, 3.63) is 28.8 Å². The number of aliphatic carboxylic acids is 1. The predicted molar refractivity (Wildman–Crippen MR) is 57.7 cm³/mol. The quantitative estimate of drug-likeness (QED) is 0.836. The van der Waals surface area contributed by atoms with Gasteiger partial charge >= 0.3 is 5.97 Å². The fraction of sp³-hybridized carbons (Fsp3) is 0.200. The average Bonchev–Trinajstić information content (AvgIpc) is 2.19. The minimum atomic E-state index is -1.12. The number of benzene rings is 1. The van der Waals surface area contributed by atoms with Crippen LogP contribution in [-0.4, -0.2) is 40.6 Å². The van der Waals surface area contributed by atoms with Crippen LogP contribution in [0.15, 0.2) is 18.2 Å². The van der Waals surface area contributed by atoms with Crippen LogP contribution in [0.5, 0.6) is 5.75 Å². The monoisotopic (exact) mass is 243 g/mol. The second kappa shape index (κ2) is 4.85. The number of carboxylic acids is 1. The normalized spacial score (nSPS) is 9.88. The summed E-state index contributed by atoms with van der Waals surface area (Å²) in [6.45, 7) is -0.426. The number of hydrogen-bond acceptors (Lipinski definition) is 3. The SMILES string of the molecule is CN(CC(=O)O)C(=O)c1cc(O)ccc1Cl. The number of rotatable bonds is 3. The van der Waals surface area contributed by atoms with E-state index in [9.17, 15) is 14.7 Å². The standard InChI is InChI=1S/C10H10ClNO4/c1-12(5-9(14)15)10(16)7-4-6(13)2-3-8(7)11/h2-4,13H,5H2,1H3,(H,14,15). The molecule has 0 aliphatic carbocycles. The van der Waals surface area contributed by atoms with Crippen LogP contribution in [-0.2, 0) is 4.79 Å². The van der Waals surface area contributed by atoms with Gasteiger partial charge in [0.2, 0.25) is 0 Å². The number of nitrogens with zero attached hydrogens (tertiary/aromatic N) is 1. The maximum atomic E-state index is 11.7. The first-order chi connectivity index (χ1) is 7.41. The van der Waals surface area contributed by atoms with Crippen LogP contribution in [0.3, 0.4) is 0 Å². The van der Waals surface area contributed by atoms with Crippen LogP contribution in [0.4, 0.5) is 0 Å². The fourth-order valence-corrected chi connectivity index (χ4v) is 1.36. The van der Waals surface area contributed by atoms with Gasteiger partial charge in [-0.3, -0.25) is 9.59 Å². The number of carbonyl (C=O) groups is 2. The van der Waals surface area contributed by atoms with Gasteiger partial charge in [-0.25, -0.2) is 0 Å². The Balaban J connectivity index is 2.95. The highest BCUT2D eigenvalue weighted by Crippen LogP contribution is 2.22. The lowest BCUT2D eigenvalue weighted by Crippen LogP contribution is -2.32. The molecule has 0 saturated carbocycles. The molecular weight excluding hydrogens is 234 g/mol. The van der Waals surface area contributed by atoms with Crippen LogP contribution < -0.4 is 0 Å². The number of halogens is 1. The highest BCUT2D eigenvalue weighted by Gasteiger charge is 2.17. The number of carbonyl (C=O) groups excluding carboxylic acids is 1. The zero-order valence-corrected chi connectivity index (χ0v) is 9.23. The van der Waals surface area contributed by atoms with Crippen LogP contribution in [0.1, 0.15) is 10.4 Å². The third-order valence-corrected chi connectivity index (χ3v) is 2.23. The first kappa shape index (κ1) is 12.3. The summed E-state index contributed by atoms with van der Waals surface area (Å²) in [5, 5.41) is 17.9. The number of carboxylic acid groups (broad SMARTS) is 1. The van der Waals surface area contributed by atoms with Crippen LogP contribution in [0, 0.1) is 0 Å². The van der Waals surface area contributed by atoms with Crippen molar-refractivity contribution in [1.29, 1.82) is 0 Å². The molecule has 0 saturated heterocycles. The third kappa shape index (κ3) is 2.87. The van der Waals surface area contributed by atoms with Crippen molar-refractivity contribution in [1.82, 2.24) is 4.90 Å². The molecule has 1 aromatic carbocycles. The number of likely N-dealkylation sites (N-methyl/N-ethyl adjacent to an activating group) is 1. The number of phenols is 1. The summed E-state index contributed by atoms with van der Waals surface area (Å²) in [6.07, 6.45) is 0. The molecule has 1 amide bonds. The predicted octanol–water partition coefficient (Wildman–Crippen LogP) is 1.20. The van der Waals surface area contributed by atoms with Crippen molar-refractivity contribution < 1.29 is 19.8 Å². The van der Waals surface area contributed by atoms with E-state index in [1.807, 2.05) is 0 Å². The van der Waals surface area contributed by atoms with Gasteiger partial charge in [0.05, 0.1) is 10.6 Å². The van der Waals surface area contributed by atoms with Gasteiger partial charge in [-0.05, 0) is 18.2 Å². The van der Waals surface area contributed by atoms with E-state index in [0.29, 0.717) is 0 Å². The molecule has 0 aromatic heterocycles. The van der Waals surface area contributed by atoms with Crippen molar-refractivity contribution in [2.24, 2.45) is 0 Å². The summed E-state index contributed by atoms with van der Waals surface area (Å²) < 4.78 is 0. The molecule has 5 nitrogen and oxygen atoms in total. The second-order valence-electron chi connectivity index (χ2n) is 3.22. The molecule has 0 radical (unpaired) electrons. The third-order valence-electron chi connectivity index (χ3n) is 1.90. The molecule has 2 N–H and O–H groups in total. The van der Waals surface area contributed by atoms with Gasteiger partial charge in [0.15, 0.2) is 0 Å². The Morgan fingerprint density at radius 2 is 2.06 bits per heavy atom. The van der Waals surface area contributed by atoms with Crippen molar-refractivity contribution in [3.8, 4) is 5.75 Å². The highest BCUT2D eigenvalue weighted by atomic mass is 35.5. The Morgan fingerprint density at radius 3 is 2.62 bits per heavy atom. The molecule has 1 aromatic rings. The van der Waals surface area contributed by atoms with Gasteiger partial charge in [0, 0.05) is 7.05 Å². The molecular formula is C10H10ClNO4. The smallest absolute Gasteiger partial charge is 0.323 e. The Kier molecular flexibility index (Phi) is 3.73. The van der Waals surface area contributed by atoms with E-state index in [-0.39, 0.29) is 16.3 Å². The van der Waals surface area contributed by atoms with Crippen molar-refractivity contribution in [2.45, 2.75) is 0 Å². The van der Waals surface area contributed by atoms with Gasteiger partial charge in [-0.15, -0.1) is 0 Å². The topological polar surface area (TPSA) is 77.8 Å². The molecule has 86 valence electrons. The summed E-state index contributed by atoms with van der Waals surface area (Å²) in [6, 6.07) is 3.91. The molecule has 0 fully saturated rings. The molecule has 0 atom stereocenters. The lowest BCUT2D eigenvalue weighted by molar-refractivity contribution is -0.137. The van der Waals surface area contributed by atoms with Gasteiger partial charge in [-0.1, -0.05) is 11.6 Å². The molecule has 0 spiro atoms.